The SMILES string of the molecule is O=C1CC(NC(=O)Nc2cc(C(=O)O)ccc2F)CN1. The molecule has 0 saturated carbocycles. The first kappa shape index (κ1) is 13.8. The van der Waals surface area contributed by atoms with Gasteiger partial charge in [-0.1, -0.05) is 0 Å². The van der Waals surface area contributed by atoms with Crippen LogP contribution in [0.3, 0.4) is 0 Å². The highest BCUT2D eigenvalue weighted by Crippen LogP contribution is 2.16. The molecule has 20 heavy (non-hydrogen) atoms. The van der Waals surface area contributed by atoms with Gasteiger partial charge in [-0.2, -0.15) is 0 Å². The molecule has 0 aliphatic carbocycles. The number of carbonyl (C=O) groups is 3. The quantitative estimate of drug-likeness (QED) is 0.648. The van der Waals surface area contributed by atoms with Crippen LogP contribution in [0, 0.1) is 5.82 Å². The van der Waals surface area contributed by atoms with Gasteiger partial charge in [0.15, 0.2) is 0 Å². The molecular weight excluding hydrogens is 269 g/mol. The maximum Gasteiger partial charge on any atom is 0.335 e. The lowest BCUT2D eigenvalue weighted by Gasteiger charge is -2.12. The number of hydrogen-bond donors (Lipinski definition) is 4. The van der Waals surface area contributed by atoms with E-state index in [9.17, 15) is 18.8 Å². The number of amides is 3. The van der Waals surface area contributed by atoms with Crippen LogP contribution in [-0.2, 0) is 4.79 Å². The first-order valence-corrected chi connectivity index (χ1v) is 5.83. The van der Waals surface area contributed by atoms with Crippen molar-refractivity contribution < 1.29 is 23.9 Å². The number of urea groups is 1. The van der Waals surface area contributed by atoms with Gasteiger partial charge in [-0.05, 0) is 18.2 Å². The molecule has 1 aliphatic rings. The average molecular weight is 281 g/mol. The van der Waals surface area contributed by atoms with Crippen molar-refractivity contribution in [1.82, 2.24) is 10.6 Å². The Labute approximate surface area is 113 Å². The van der Waals surface area contributed by atoms with Gasteiger partial charge in [0.1, 0.15) is 5.82 Å². The van der Waals surface area contributed by atoms with Gasteiger partial charge >= 0.3 is 12.0 Å². The van der Waals surface area contributed by atoms with Crippen LogP contribution in [0.25, 0.3) is 0 Å². The first-order valence-electron chi connectivity index (χ1n) is 5.83. The van der Waals surface area contributed by atoms with E-state index >= 15 is 0 Å². The minimum absolute atomic E-state index is 0.139. The molecule has 0 spiro atoms. The second-order valence-corrected chi connectivity index (χ2v) is 4.30. The molecule has 1 aliphatic heterocycles. The second-order valence-electron chi connectivity index (χ2n) is 4.30. The average Bonchev–Trinajstić information content (AvgIpc) is 2.77. The number of rotatable bonds is 3. The molecular formula is C12H12FN3O4. The molecule has 4 N–H and O–H groups in total. The van der Waals surface area contributed by atoms with Crippen molar-refractivity contribution in [1.29, 1.82) is 0 Å². The van der Waals surface area contributed by atoms with Crippen LogP contribution in [0.2, 0.25) is 0 Å². The normalized spacial score (nSPS) is 17.4. The Balaban J connectivity index is 2.02. The number of anilines is 1. The minimum Gasteiger partial charge on any atom is -0.478 e. The van der Waals surface area contributed by atoms with Crippen molar-refractivity contribution in [2.75, 3.05) is 11.9 Å². The van der Waals surface area contributed by atoms with Crippen LogP contribution in [-0.4, -0.2) is 35.6 Å². The summed E-state index contributed by atoms with van der Waals surface area (Å²) in [7, 11) is 0. The third kappa shape index (κ3) is 3.22. The summed E-state index contributed by atoms with van der Waals surface area (Å²) in [5, 5.41) is 16.0. The highest BCUT2D eigenvalue weighted by Gasteiger charge is 2.23. The largest absolute Gasteiger partial charge is 0.478 e. The predicted octanol–water partition coefficient (Wildman–Crippen LogP) is 0.534. The van der Waals surface area contributed by atoms with E-state index in [0.29, 0.717) is 6.54 Å². The zero-order valence-electron chi connectivity index (χ0n) is 10.3. The van der Waals surface area contributed by atoms with Gasteiger partial charge in [-0.25, -0.2) is 14.0 Å². The van der Waals surface area contributed by atoms with Crippen LogP contribution < -0.4 is 16.0 Å². The Hall–Kier alpha value is -2.64. The molecule has 1 saturated heterocycles. The molecule has 2 rings (SSSR count). The van der Waals surface area contributed by atoms with Crippen LogP contribution >= 0.6 is 0 Å². The van der Waals surface area contributed by atoms with Gasteiger partial charge in [0.25, 0.3) is 0 Å². The molecule has 1 aromatic rings. The molecule has 0 bridgehead atoms. The Morgan fingerprint density at radius 3 is 2.75 bits per heavy atom. The first-order chi connectivity index (χ1) is 9.45. The lowest BCUT2D eigenvalue weighted by molar-refractivity contribution is -0.119. The number of benzene rings is 1. The van der Waals surface area contributed by atoms with Crippen LogP contribution in [0.4, 0.5) is 14.9 Å². The molecule has 3 amide bonds. The molecule has 1 atom stereocenters. The number of carboxylic acids is 1. The number of aromatic carboxylic acids is 1. The van der Waals surface area contributed by atoms with E-state index in [-0.39, 0.29) is 29.6 Å². The van der Waals surface area contributed by atoms with Gasteiger partial charge < -0.3 is 21.1 Å². The van der Waals surface area contributed by atoms with Gasteiger partial charge in [0.05, 0.1) is 17.3 Å². The second kappa shape index (κ2) is 5.55. The fourth-order valence-electron chi connectivity index (χ4n) is 1.81. The summed E-state index contributed by atoms with van der Waals surface area (Å²) >= 11 is 0. The fraction of sp³-hybridized carbons (Fsp3) is 0.250. The third-order valence-corrected chi connectivity index (χ3v) is 2.77. The monoisotopic (exact) mass is 281 g/mol. The van der Waals surface area contributed by atoms with Crippen molar-refractivity contribution in [2.45, 2.75) is 12.5 Å². The number of carbonyl (C=O) groups excluding carboxylic acids is 2. The molecule has 1 fully saturated rings. The maximum atomic E-state index is 13.5. The van der Waals surface area contributed by atoms with E-state index in [1.54, 1.807) is 0 Å². The molecule has 1 unspecified atom stereocenters. The van der Waals surface area contributed by atoms with Gasteiger partial charge in [0, 0.05) is 13.0 Å². The third-order valence-electron chi connectivity index (χ3n) is 2.77. The van der Waals surface area contributed by atoms with Gasteiger partial charge in [0.2, 0.25) is 5.91 Å². The number of nitrogens with one attached hydrogen (secondary N) is 3. The Morgan fingerprint density at radius 2 is 2.15 bits per heavy atom. The number of hydrogen-bond acceptors (Lipinski definition) is 3. The van der Waals surface area contributed by atoms with Crippen molar-refractivity contribution in [3.05, 3.63) is 29.6 Å². The molecule has 7 nitrogen and oxygen atoms in total. The smallest absolute Gasteiger partial charge is 0.335 e. The van der Waals surface area contributed by atoms with E-state index in [1.807, 2.05) is 0 Å². The number of carboxylic acid groups (broad SMARTS) is 1. The zero-order chi connectivity index (χ0) is 14.7. The number of halogens is 1. The van der Waals surface area contributed by atoms with Crippen LogP contribution in [0.1, 0.15) is 16.8 Å². The molecule has 0 radical (unpaired) electrons. The summed E-state index contributed by atoms with van der Waals surface area (Å²) in [6, 6.07) is 2.01. The summed E-state index contributed by atoms with van der Waals surface area (Å²) in [5.74, 6) is -2.14. The van der Waals surface area contributed by atoms with Gasteiger partial charge in [-0.15, -0.1) is 0 Å². The lowest BCUT2D eigenvalue weighted by atomic mass is 10.2. The summed E-state index contributed by atoms with van der Waals surface area (Å²) in [5.41, 5.74) is -0.376. The van der Waals surface area contributed by atoms with Crippen LogP contribution in [0.15, 0.2) is 18.2 Å². The molecule has 8 heteroatoms. The van der Waals surface area contributed by atoms with E-state index in [4.69, 9.17) is 5.11 Å². The Morgan fingerprint density at radius 1 is 1.40 bits per heavy atom. The van der Waals surface area contributed by atoms with Crippen molar-refractivity contribution in [3.63, 3.8) is 0 Å². The predicted molar refractivity (Wildman–Crippen MR) is 66.9 cm³/mol. The van der Waals surface area contributed by atoms with E-state index in [0.717, 1.165) is 18.2 Å². The highest BCUT2D eigenvalue weighted by atomic mass is 19.1. The summed E-state index contributed by atoms with van der Waals surface area (Å²) in [6.07, 6.45) is 0.158. The fourth-order valence-corrected chi connectivity index (χ4v) is 1.81. The standard InChI is InChI=1S/C12H12FN3O4/c13-8-2-1-6(11(18)19)3-9(8)16-12(20)15-7-4-10(17)14-5-7/h1-3,7H,4-5H2,(H,14,17)(H,18,19)(H2,15,16,20). The van der Waals surface area contributed by atoms with E-state index < -0.39 is 17.8 Å². The molecule has 106 valence electrons. The van der Waals surface area contributed by atoms with Crippen molar-refractivity contribution in [3.8, 4) is 0 Å². The van der Waals surface area contributed by atoms with Crippen molar-refractivity contribution in [2.24, 2.45) is 0 Å². The van der Waals surface area contributed by atoms with Crippen LogP contribution in [0.5, 0.6) is 0 Å². The Bertz CT molecular complexity index is 576. The Kier molecular flexibility index (Phi) is 3.83. The molecule has 1 heterocycles. The lowest BCUT2D eigenvalue weighted by Crippen LogP contribution is -2.39. The topological polar surface area (TPSA) is 108 Å². The molecule has 1 aromatic carbocycles. The summed E-state index contributed by atoms with van der Waals surface area (Å²) < 4.78 is 13.5. The zero-order valence-corrected chi connectivity index (χ0v) is 10.3. The molecule has 0 aromatic heterocycles. The van der Waals surface area contributed by atoms with E-state index in [2.05, 4.69) is 16.0 Å². The summed E-state index contributed by atoms with van der Waals surface area (Å²) in [4.78, 5) is 33.4. The van der Waals surface area contributed by atoms with E-state index in [1.165, 1.54) is 0 Å². The van der Waals surface area contributed by atoms with Gasteiger partial charge in [-0.3, -0.25) is 4.79 Å². The maximum absolute atomic E-state index is 13.5. The highest BCUT2D eigenvalue weighted by molar-refractivity contribution is 5.93. The van der Waals surface area contributed by atoms with Crippen molar-refractivity contribution >= 4 is 23.6 Å². The minimum atomic E-state index is -1.22. The summed E-state index contributed by atoms with van der Waals surface area (Å²) in [6.45, 7) is 0.309.